The second kappa shape index (κ2) is 5.11. The number of aromatic nitrogens is 1. The molecule has 0 saturated heterocycles. The van der Waals surface area contributed by atoms with Crippen molar-refractivity contribution in [3.8, 4) is 0 Å². The van der Waals surface area contributed by atoms with E-state index in [0.717, 1.165) is 15.6 Å². The lowest BCUT2D eigenvalue weighted by atomic mass is 9.93. The van der Waals surface area contributed by atoms with Gasteiger partial charge in [-0.05, 0) is 19.1 Å². The van der Waals surface area contributed by atoms with Crippen LogP contribution in [-0.2, 0) is 11.8 Å². The molecule has 0 aliphatic rings. The minimum Gasteiger partial charge on any atom is -0.387 e. The summed E-state index contributed by atoms with van der Waals surface area (Å²) >= 11 is 3.29. The van der Waals surface area contributed by atoms with Crippen LogP contribution in [0.3, 0.4) is 0 Å². The molecule has 2 heterocycles. The average Bonchev–Trinajstić information content (AvgIpc) is 2.85. The monoisotopic (exact) mass is 281 g/mol. The second-order valence-electron chi connectivity index (χ2n) is 5.54. The number of rotatable bonds is 3. The Kier molecular flexibility index (Phi) is 3.90. The van der Waals surface area contributed by atoms with Crippen molar-refractivity contribution in [3.05, 3.63) is 38.0 Å². The highest BCUT2D eigenvalue weighted by molar-refractivity contribution is 7.12. The number of aliphatic hydroxyl groups is 1. The van der Waals surface area contributed by atoms with Crippen LogP contribution >= 0.6 is 22.7 Å². The van der Waals surface area contributed by atoms with Gasteiger partial charge in [0.2, 0.25) is 0 Å². The van der Waals surface area contributed by atoms with Crippen molar-refractivity contribution in [1.29, 1.82) is 0 Å². The van der Waals surface area contributed by atoms with Crippen molar-refractivity contribution in [2.24, 2.45) is 0 Å². The van der Waals surface area contributed by atoms with E-state index in [-0.39, 0.29) is 5.41 Å². The minimum atomic E-state index is -0.428. The molecule has 0 radical (unpaired) electrons. The Balaban J connectivity index is 2.08. The van der Waals surface area contributed by atoms with Gasteiger partial charge in [-0.2, -0.15) is 0 Å². The zero-order valence-electron chi connectivity index (χ0n) is 11.2. The Labute approximate surface area is 116 Å². The number of nitrogens with zero attached hydrogens (tertiary/aromatic N) is 1. The van der Waals surface area contributed by atoms with Gasteiger partial charge < -0.3 is 5.11 Å². The summed E-state index contributed by atoms with van der Waals surface area (Å²) in [5, 5.41) is 13.3. The fraction of sp³-hybridized carbons (Fsp3) is 0.500. The summed E-state index contributed by atoms with van der Waals surface area (Å²) in [6.07, 6.45) is 0.184. The summed E-state index contributed by atoms with van der Waals surface area (Å²) in [6.45, 7) is 8.53. The van der Waals surface area contributed by atoms with Crippen molar-refractivity contribution < 1.29 is 5.11 Å². The molecule has 0 aliphatic heterocycles. The van der Waals surface area contributed by atoms with Crippen LogP contribution in [-0.4, -0.2) is 10.1 Å². The van der Waals surface area contributed by atoms with E-state index in [4.69, 9.17) is 0 Å². The Hall–Kier alpha value is -0.710. The van der Waals surface area contributed by atoms with Crippen LogP contribution in [0.5, 0.6) is 0 Å². The first kappa shape index (κ1) is 13.7. The largest absolute Gasteiger partial charge is 0.387 e. The predicted molar refractivity (Wildman–Crippen MR) is 78.5 cm³/mol. The molecule has 0 saturated carbocycles. The van der Waals surface area contributed by atoms with Gasteiger partial charge in [0.25, 0.3) is 0 Å². The molecule has 1 atom stereocenters. The third kappa shape index (κ3) is 3.19. The molecule has 0 aliphatic carbocycles. The number of thiophene rings is 1. The molecular formula is C14H19NOS2. The third-order valence-electron chi connectivity index (χ3n) is 2.78. The molecule has 2 aromatic rings. The van der Waals surface area contributed by atoms with Gasteiger partial charge in [-0.25, -0.2) is 4.98 Å². The number of aryl methyl sites for hydroxylation is 1. The number of hydrogen-bond donors (Lipinski definition) is 1. The highest BCUT2D eigenvalue weighted by atomic mass is 32.1. The normalized spacial score (nSPS) is 13.8. The predicted octanol–water partition coefficient (Wildman–Crippen LogP) is 4.09. The molecule has 2 rings (SSSR count). The molecule has 0 amide bonds. The van der Waals surface area contributed by atoms with Crippen molar-refractivity contribution in [3.63, 3.8) is 0 Å². The Bertz CT molecular complexity index is 522. The van der Waals surface area contributed by atoms with E-state index in [1.807, 2.05) is 12.1 Å². The van der Waals surface area contributed by atoms with Crippen LogP contribution in [0.1, 0.15) is 47.3 Å². The van der Waals surface area contributed by atoms with Gasteiger partial charge >= 0.3 is 0 Å². The van der Waals surface area contributed by atoms with E-state index in [9.17, 15) is 5.11 Å². The summed E-state index contributed by atoms with van der Waals surface area (Å²) < 4.78 is 0. The molecule has 4 heteroatoms. The first-order chi connectivity index (χ1) is 8.36. The van der Waals surface area contributed by atoms with Crippen molar-refractivity contribution >= 4 is 22.7 Å². The van der Waals surface area contributed by atoms with Crippen molar-refractivity contribution in [2.45, 2.75) is 45.6 Å². The van der Waals surface area contributed by atoms with Crippen LogP contribution in [0.4, 0.5) is 0 Å². The minimum absolute atomic E-state index is 0.0826. The maximum absolute atomic E-state index is 10.2. The van der Waals surface area contributed by atoms with Crippen molar-refractivity contribution in [2.75, 3.05) is 0 Å². The zero-order valence-corrected chi connectivity index (χ0v) is 12.9. The average molecular weight is 281 g/mol. The zero-order chi connectivity index (χ0) is 13.3. The SMILES string of the molecule is Cc1ccc(C(O)Cc2nc(C(C)(C)C)cs2)s1. The van der Waals surface area contributed by atoms with Crippen LogP contribution in [0.2, 0.25) is 0 Å². The molecule has 0 spiro atoms. The summed E-state index contributed by atoms with van der Waals surface area (Å²) in [6, 6.07) is 4.05. The molecule has 98 valence electrons. The maximum Gasteiger partial charge on any atom is 0.0958 e. The maximum atomic E-state index is 10.2. The molecule has 1 unspecified atom stereocenters. The molecule has 0 fully saturated rings. The van der Waals surface area contributed by atoms with Gasteiger partial charge in [-0.15, -0.1) is 22.7 Å². The first-order valence-corrected chi connectivity index (χ1v) is 7.75. The van der Waals surface area contributed by atoms with E-state index in [2.05, 4.69) is 38.1 Å². The number of aliphatic hydroxyl groups excluding tert-OH is 1. The van der Waals surface area contributed by atoms with Crippen LogP contribution < -0.4 is 0 Å². The number of hydrogen-bond acceptors (Lipinski definition) is 4. The van der Waals surface area contributed by atoms with Gasteiger partial charge in [-0.3, -0.25) is 0 Å². The summed E-state index contributed by atoms with van der Waals surface area (Å²) in [5.74, 6) is 0. The lowest BCUT2D eigenvalue weighted by Crippen LogP contribution is -2.11. The van der Waals surface area contributed by atoms with E-state index < -0.39 is 6.10 Å². The van der Waals surface area contributed by atoms with E-state index in [0.29, 0.717) is 6.42 Å². The fourth-order valence-electron chi connectivity index (χ4n) is 1.65. The standard InChI is InChI=1S/C14H19NOS2/c1-9-5-6-11(18-9)10(16)7-13-15-12(8-17-13)14(2,3)4/h5-6,8,10,16H,7H2,1-4H3. The van der Waals surface area contributed by atoms with Crippen molar-refractivity contribution in [1.82, 2.24) is 4.98 Å². The Morgan fingerprint density at radius 3 is 2.56 bits per heavy atom. The van der Waals surface area contributed by atoms with E-state index in [1.54, 1.807) is 22.7 Å². The molecular weight excluding hydrogens is 262 g/mol. The first-order valence-electron chi connectivity index (χ1n) is 6.05. The summed E-state index contributed by atoms with van der Waals surface area (Å²) in [5.41, 5.74) is 1.19. The summed E-state index contributed by atoms with van der Waals surface area (Å²) in [4.78, 5) is 6.88. The van der Waals surface area contributed by atoms with Crippen LogP contribution in [0, 0.1) is 6.92 Å². The quantitative estimate of drug-likeness (QED) is 0.919. The van der Waals surface area contributed by atoms with Gasteiger partial charge in [-0.1, -0.05) is 20.8 Å². The molecule has 1 N–H and O–H groups in total. The highest BCUT2D eigenvalue weighted by Gasteiger charge is 2.19. The summed E-state index contributed by atoms with van der Waals surface area (Å²) in [7, 11) is 0. The molecule has 18 heavy (non-hydrogen) atoms. The second-order valence-corrected chi connectivity index (χ2v) is 7.81. The molecule has 2 aromatic heterocycles. The molecule has 2 nitrogen and oxygen atoms in total. The van der Waals surface area contributed by atoms with Gasteiger partial charge in [0.1, 0.15) is 0 Å². The van der Waals surface area contributed by atoms with Crippen LogP contribution in [0.15, 0.2) is 17.5 Å². The fourth-order valence-corrected chi connectivity index (χ4v) is 3.57. The van der Waals surface area contributed by atoms with Gasteiger partial charge in [0.15, 0.2) is 0 Å². The Morgan fingerprint density at radius 1 is 1.33 bits per heavy atom. The van der Waals surface area contributed by atoms with E-state index in [1.165, 1.54) is 4.88 Å². The lowest BCUT2D eigenvalue weighted by molar-refractivity contribution is 0.182. The highest BCUT2D eigenvalue weighted by Crippen LogP contribution is 2.29. The van der Waals surface area contributed by atoms with Crippen LogP contribution in [0.25, 0.3) is 0 Å². The lowest BCUT2D eigenvalue weighted by Gasteiger charge is -2.14. The van der Waals surface area contributed by atoms with E-state index >= 15 is 0 Å². The third-order valence-corrected chi connectivity index (χ3v) is 4.75. The Morgan fingerprint density at radius 2 is 2.06 bits per heavy atom. The van der Waals surface area contributed by atoms with Gasteiger partial charge in [0.05, 0.1) is 16.8 Å². The number of thiazole rings is 1. The smallest absolute Gasteiger partial charge is 0.0958 e. The topological polar surface area (TPSA) is 33.1 Å². The molecule has 0 bridgehead atoms. The molecule has 0 aromatic carbocycles. The van der Waals surface area contributed by atoms with Gasteiger partial charge in [0, 0.05) is 27.0 Å².